The van der Waals surface area contributed by atoms with Crippen LogP contribution >= 0.6 is 23.2 Å². The third-order valence-electron chi connectivity index (χ3n) is 4.13. The molecule has 8 heteroatoms. The van der Waals surface area contributed by atoms with Crippen molar-refractivity contribution in [1.82, 2.24) is 10.2 Å². The highest BCUT2D eigenvalue weighted by Crippen LogP contribution is 2.29. The Morgan fingerprint density at radius 3 is 2.54 bits per heavy atom. The maximum Gasteiger partial charge on any atom is 0.325 e. The second-order valence-electron chi connectivity index (χ2n) is 5.98. The average Bonchev–Trinajstić information content (AvgIpc) is 2.83. The molecule has 0 aliphatic carbocycles. The van der Waals surface area contributed by atoms with Gasteiger partial charge in [0.25, 0.3) is 5.91 Å². The molecule has 0 radical (unpaired) electrons. The van der Waals surface area contributed by atoms with Crippen molar-refractivity contribution in [3.05, 3.63) is 64.1 Å². The van der Waals surface area contributed by atoms with E-state index in [0.717, 1.165) is 4.90 Å². The van der Waals surface area contributed by atoms with E-state index in [1.165, 1.54) is 6.07 Å². The van der Waals surface area contributed by atoms with E-state index in [2.05, 4.69) is 10.6 Å². The number of nitrogens with one attached hydrogen (secondary N) is 2. The number of urea groups is 1. The molecule has 1 saturated heterocycles. The van der Waals surface area contributed by atoms with E-state index >= 15 is 0 Å². The monoisotopic (exact) mass is 391 g/mol. The Bertz CT molecular complexity index is 889. The highest BCUT2D eigenvalue weighted by atomic mass is 35.5. The molecule has 1 fully saturated rings. The molecule has 0 saturated carbocycles. The Labute approximate surface area is 160 Å². The van der Waals surface area contributed by atoms with Gasteiger partial charge in [-0.2, -0.15) is 0 Å². The molecule has 2 aromatic carbocycles. The molecule has 0 spiro atoms. The molecule has 2 N–H and O–H groups in total. The van der Waals surface area contributed by atoms with Crippen molar-refractivity contribution in [1.29, 1.82) is 0 Å². The molecule has 1 aliphatic heterocycles. The minimum Gasteiger partial charge on any atom is -0.323 e. The Morgan fingerprint density at radius 1 is 1.15 bits per heavy atom. The lowest BCUT2D eigenvalue weighted by atomic mass is 9.92. The lowest BCUT2D eigenvalue weighted by Gasteiger charge is -2.22. The van der Waals surface area contributed by atoms with Crippen molar-refractivity contribution in [2.24, 2.45) is 0 Å². The molecule has 1 aliphatic rings. The third-order valence-corrected chi connectivity index (χ3v) is 4.70. The molecular weight excluding hydrogens is 377 g/mol. The van der Waals surface area contributed by atoms with Crippen LogP contribution in [-0.4, -0.2) is 29.3 Å². The number of anilines is 1. The molecule has 134 valence electrons. The van der Waals surface area contributed by atoms with E-state index < -0.39 is 29.9 Å². The van der Waals surface area contributed by atoms with Crippen molar-refractivity contribution >= 4 is 46.7 Å². The largest absolute Gasteiger partial charge is 0.325 e. The lowest BCUT2D eigenvalue weighted by Crippen LogP contribution is -2.42. The highest BCUT2D eigenvalue weighted by molar-refractivity contribution is 6.35. The fraction of sp³-hybridized carbons (Fsp3) is 0.167. The summed E-state index contributed by atoms with van der Waals surface area (Å²) in [6.45, 7) is 1.17. The van der Waals surface area contributed by atoms with Gasteiger partial charge < -0.3 is 10.6 Å². The number of nitrogens with zero attached hydrogens (tertiary/aromatic N) is 1. The topological polar surface area (TPSA) is 78.5 Å². The molecule has 0 bridgehead atoms. The summed E-state index contributed by atoms with van der Waals surface area (Å²) in [5.74, 6) is -1.06. The van der Waals surface area contributed by atoms with Crippen molar-refractivity contribution in [2.75, 3.05) is 11.9 Å². The zero-order valence-electron chi connectivity index (χ0n) is 13.8. The summed E-state index contributed by atoms with van der Waals surface area (Å²) < 4.78 is 0. The molecule has 2 aromatic rings. The number of imide groups is 1. The number of halogens is 2. The first kappa shape index (κ1) is 18.2. The quantitative estimate of drug-likeness (QED) is 0.783. The number of hydrogen-bond donors (Lipinski definition) is 2. The summed E-state index contributed by atoms with van der Waals surface area (Å²) in [5, 5.41) is 5.90. The predicted molar refractivity (Wildman–Crippen MR) is 99.1 cm³/mol. The minimum absolute atomic E-state index is 0.300. The van der Waals surface area contributed by atoms with Crippen LogP contribution in [-0.2, 0) is 15.1 Å². The number of carbonyl (C=O) groups is 3. The van der Waals surface area contributed by atoms with E-state index in [9.17, 15) is 14.4 Å². The van der Waals surface area contributed by atoms with Gasteiger partial charge in [0.15, 0.2) is 0 Å². The number of carbonyl (C=O) groups excluding carboxylic acids is 3. The van der Waals surface area contributed by atoms with E-state index in [-0.39, 0.29) is 0 Å². The minimum atomic E-state index is -1.22. The summed E-state index contributed by atoms with van der Waals surface area (Å²) in [4.78, 5) is 38.2. The molecule has 26 heavy (non-hydrogen) atoms. The van der Waals surface area contributed by atoms with E-state index in [1.807, 2.05) is 6.07 Å². The van der Waals surface area contributed by atoms with Gasteiger partial charge in [0, 0.05) is 5.02 Å². The standard InChI is InChI=1S/C18H15Cl2N3O3/c1-18(11-5-3-2-4-6-11)16(25)23(17(26)22-18)10-15(24)21-14-9-12(19)7-8-13(14)20/h2-9H,10H2,1H3,(H,21,24)(H,22,26)/t18-/m0/s1. The van der Waals surface area contributed by atoms with Crippen molar-refractivity contribution < 1.29 is 14.4 Å². The smallest absolute Gasteiger partial charge is 0.323 e. The van der Waals surface area contributed by atoms with Crippen LogP contribution in [0, 0.1) is 0 Å². The Hall–Kier alpha value is -2.57. The maximum atomic E-state index is 12.8. The molecule has 6 nitrogen and oxygen atoms in total. The van der Waals surface area contributed by atoms with Gasteiger partial charge in [-0.15, -0.1) is 0 Å². The number of rotatable bonds is 4. The van der Waals surface area contributed by atoms with Crippen LogP contribution in [0.15, 0.2) is 48.5 Å². The third kappa shape index (κ3) is 3.38. The van der Waals surface area contributed by atoms with Gasteiger partial charge >= 0.3 is 6.03 Å². The van der Waals surface area contributed by atoms with Crippen molar-refractivity contribution in [3.8, 4) is 0 Å². The maximum absolute atomic E-state index is 12.8. The zero-order chi connectivity index (χ0) is 18.9. The molecular formula is C18H15Cl2N3O3. The van der Waals surface area contributed by atoms with E-state index in [4.69, 9.17) is 23.2 Å². The lowest BCUT2D eigenvalue weighted by molar-refractivity contribution is -0.133. The number of benzene rings is 2. The van der Waals surface area contributed by atoms with Crippen molar-refractivity contribution in [3.63, 3.8) is 0 Å². The Kier molecular flexibility index (Phi) is 4.89. The second-order valence-corrected chi connectivity index (χ2v) is 6.83. The van der Waals surface area contributed by atoms with E-state index in [0.29, 0.717) is 21.3 Å². The van der Waals surface area contributed by atoms with Crippen LogP contribution in [0.1, 0.15) is 12.5 Å². The van der Waals surface area contributed by atoms with Gasteiger partial charge in [-0.1, -0.05) is 53.5 Å². The highest BCUT2D eigenvalue weighted by Gasteiger charge is 2.49. The second kappa shape index (κ2) is 6.97. The Morgan fingerprint density at radius 2 is 1.85 bits per heavy atom. The predicted octanol–water partition coefficient (Wildman–Crippen LogP) is 3.40. The molecule has 3 rings (SSSR count). The fourth-order valence-corrected chi connectivity index (χ4v) is 3.07. The summed E-state index contributed by atoms with van der Waals surface area (Å²) in [5.41, 5.74) is -0.270. The molecule has 0 unspecified atom stereocenters. The van der Waals surface area contributed by atoms with Crippen LogP contribution < -0.4 is 10.6 Å². The summed E-state index contributed by atoms with van der Waals surface area (Å²) >= 11 is 11.9. The van der Waals surface area contributed by atoms with Gasteiger partial charge in [-0.3, -0.25) is 14.5 Å². The van der Waals surface area contributed by atoms with Gasteiger partial charge in [0.05, 0.1) is 10.7 Å². The van der Waals surface area contributed by atoms with Crippen molar-refractivity contribution in [2.45, 2.75) is 12.5 Å². The van der Waals surface area contributed by atoms with E-state index in [1.54, 1.807) is 43.3 Å². The first-order valence-corrected chi connectivity index (χ1v) is 8.51. The Balaban J connectivity index is 1.76. The SMILES string of the molecule is C[C@@]1(c2ccccc2)NC(=O)N(CC(=O)Nc2cc(Cl)ccc2Cl)C1=O. The van der Waals surface area contributed by atoms with Gasteiger partial charge in [-0.25, -0.2) is 4.79 Å². The van der Waals surface area contributed by atoms with Gasteiger partial charge in [0.2, 0.25) is 5.91 Å². The summed E-state index contributed by atoms with van der Waals surface area (Å²) in [6.07, 6.45) is 0. The molecule has 0 aromatic heterocycles. The fourth-order valence-electron chi connectivity index (χ4n) is 2.73. The van der Waals surface area contributed by atoms with Crippen LogP contribution in [0.25, 0.3) is 0 Å². The zero-order valence-corrected chi connectivity index (χ0v) is 15.3. The van der Waals surface area contributed by atoms with Crippen LogP contribution in [0.4, 0.5) is 10.5 Å². The summed E-state index contributed by atoms with van der Waals surface area (Å²) in [6, 6.07) is 12.8. The first-order valence-electron chi connectivity index (χ1n) is 7.76. The number of amides is 4. The summed E-state index contributed by atoms with van der Waals surface area (Å²) in [7, 11) is 0. The first-order chi connectivity index (χ1) is 12.3. The molecule has 4 amide bonds. The number of hydrogen-bond acceptors (Lipinski definition) is 3. The molecule has 1 atom stereocenters. The van der Waals surface area contributed by atoms with Crippen LogP contribution in [0.2, 0.25) is 10.0 Å². The average molecular weight is 392 g/mol. The molecule has 1 heterocycles. The van der Waals surface area contributed by atoms with Crippen LogP contribution in [0.3, 0.4) is 0 Å². The van der Waals surface area contributed by atoms with Gasteiger partial charge in [0.1, 0.15) is 12.1 Å². The normalized spacial score (nSPS) is 19.4. The van der Waals surface area contributed by atoms with Crippen LogP contribution in [0.5, 0.6) is 0 Å². The van der Waals surface area contributed by atoms with Gasteiger partial charge in [-0.05, 0) is 30.7 Å².